The maximum atomic E-state index is 5.67. The van der Waals surface area contributed by atoms with Crippen LogP contribution in [0.4, 0.5) is 17.1 Å². The minimum atomic E-state index is 0.796. The van der Waals surface area contributed by atoms with Crippen molar-refractivity contribution >= 4 is 17.1 Å². The maximum Gasteiger partial charge on any atom is 0.0387 e. The van der Waals surface area contributed by atoms with Crippen LogP contribution in [0.25, 0.3) is 0 Å². The van der Waals surface area contributed by atoms with Crippen molar-refractivity contribution in [3.05, 3.63) is 53.6 Å². The van der Waals surface area contributed by atoms with Crippen molar-refractivity contribution in [1.82, 2.24) is 0 Å². The number of fused-ring (bicyclic) bond motifs is 1. The van der Waals surface area contributed by atoms with Gasteiger partial charge in [-0.2, -0.15) is 0 Å². The van der Waals surface area contributed by atoms with Crippen molar-refractivity contribution in [1.29, 1.82) is 0 Å². The summed E-state index contributed by atoms with van der Waals surface area (Å²) in [4.78, 5) is 0. The van der Waals surface area contributed by atoms with Crippen LogP contribution in [0, 0.1) is 0 Å². The number of hydrogen-bond acceptors (Lipinski definition) is 2. The van der Waals surface area contributed by atoms with E-state index in [1.807, 2.05) is 24.3 Å². The van der Waals surface area contributed by atoms with Gasteiger partial charge in [0.1, 0.15) is 0 Å². The zero-order valence-electron chi connectivity index (χ0n) is 9.74. The zero-order valence-corrected chi connectivity index (χ0v) is 9.74. The summed E-state index contributed by atoms with van der Waals surface area (Å²) in [5.74, 6) is 0. The van der Waals surface area contributed by atoms with Crippen LogP contribution < -0.4 is 11.1 Å². The molecule has 2 aromatic rings. The Hall–Kier alpha value is -1.96. The number of nitrogens with two attached hydrogens (primary N) is 1. The molecule has 0 aliphatic heterocycles. The Morgan fingerprint density at radius 3 is 2.35 bits per heavy atom. The highest BCUT2D eigenvalue weighted by Crippen LogP contribution is 2.26. The normalized spacial score (nSPS) is 13.4. The molecule has 0 fully saturated rings. The topological polar surface area (TPSA) is 38.0 Å². The van der Waals surface area contributed by atoms with Crippen molar-refractivity contribution in [3.8, 4) is 0 Å². The Morgan fingerprint density at radius 2 is 1.53 bits per heavy atom. The maximum absolute atomic E-state index is 5.67. The van der Waals surface area contributed by atoms with Gasteiger partial charge in [0.05, 0.1) is 0 Å². The summed E-state index contributed by atoms with van der Waals surface area (Å²) < 4.78 is 0. The van der Waals surface area contributed by atoms with Crippen LogP contribution >= 0.6 is 0 Å². The standard InChI is InChI=1S/C15H16N2/c16-13-5-8-14(9-6-13)17-15-7-4-11-2-1-3-12(11)10-15/h4-10,17H,1-3,16H2. The van der Waals surface area contributed by atoms with Crippen molar-refractivity contribution in [2.24, 2.45) is 0 Å². The fourth-order valence-corrected chi connectivity index (χ4v) is 2.38. The highest BCUT2D eigenvalue weighted by Gasteiger charge is 2.10. The largest absolute Gasteiger partial charge is 0.399 e. The van der Waals surface area contributed by atoms with Crippen molar-refractivity contribution < 1.29 is 0 Å². The van der Waals surface area contributed by atoms with E-state index in [1.54, 1.807) is 0 Å². The summed E-state index contributed by atoms with van der Waals surface area (Å²) in [5, 5.41) is 3.41. The number of hydrogen-bond donors (Lipinski definition) is 2. The van der Waals surface area contributed by atoms with E-state index in [1.165, 1.54) is 30.4 Å². The van der Waals surface area contributed by atoms with E-state index in [-0.39, 0.29) is 0 Å². The molecule has 17 heavy (non-hydrogen) atoms. The van der Waals surface area contributed by atoms with Gasteiger partial charge in [0.2, 0.25) is 0 Å². The Kier molecular flexibility index (Phi) is 2.48. The van der Waals surface area contributed by atoms with E-state index in [9.17, 15) is 0 Å². The molecule has 0 radical (unpaired) electrons. The highest BCUT2D eigenvalue weighted by atomic mass is 14.9. The number of benzene rings is 2. The summed E-state index contributed by atoms with van der Waals surface area (Å²) in [6.45, 7) is 0. The van der Waals surface area contributed by atoms with Crippen molar-refractivity contribution in [2.45, 2.75) is 19.3 Å². The van der Waals surface area contributed by atoms with Gasteiger partial charge in [-0.1, -0.05) is 6.07 Å². The Morgan fingerprint density at radius 1 is 0.824 bits per heavy atom. The average Bonchev–Trinajstić information content (AvgIpc) is 2.79. The predicted octanol–water partition coefficient (Wildman–Crippen LogP) is 3.50. The summed E-state index contributed by atoms with van der Waals surface area (Å²) in [6, 6.07) is 14.5. The monoisotopic (exact) mass is 224 g/mol. The Labute approximate surface area is 101 Å². The van der Waals surface area contributed by atoms with Gasteiger partial charge < -0.3 is 11.1 Å². The van der Waals surface area contributed by atoms with Gasteiger partial charge in [0.15, 0.2) is 0 Å². The molecule has 2 nitrogen and oxygen atoms in total. The first-order chi connectivity index (χ1) is 8.31. The first kappa shape index (κ1) is 10.2. The quantitative estimate of drug-likeness (QED) is 0.766. The fraction of sp³-hybridized carbons (Fsp3) is 0.200. The van der Waals surface area contributed by atoms with Gasteiger partial charge in [0.25, 0.3) is 0 Å². The van der Waals surface area contributed by atoms with Gasteiger partial charge in [-0.15, -0.1) is 0 Å². The SMILES string of the molecule is Nc1ccc(Nc2ccc3c(c2)CCC3)cc1. The minimum absolute atomic E-state index is 0.796. The molecule has 0 amide bonds. The zero-order chi connectivity index (χ0) is 11.7. The third-order valence-electron chi connectivity index (χ3n) is 3.30. The molecule has 0 aromatic heterocycles. The van der Waals surface area contributed by atoms with Crippen LogP contribution in [0.2, 0.25) is 0 Å². The van der Waals surface area contributed by atoms with Crippen LogP contribution in [-0.2, 0) is 12.8 Å². The van der Waals surface area contributed by atoms with E-state index in [0.717, 1.165) is 17.1 Å². The molecule has 1 aliphatic rings. The third kappa shape index (κ3) is 2.11. The lowest BCUT2D eigenvalue weighted by Crippen LogP contribution is -1.92. The molecule has 0 saturated carbocycles. The second-order valence-corrected chi connectivity index (χ2v) is 4.58. The van der Waals surface area contributed by atoms with E-state index >= 15 is 0 Å². The molecule has 86 valence electrons. The molecule has 2 heteroatoms. The predicted molar refractivity (Wildman–Crippen MR) is 72.6 cm³/mol. The molecule has 0 heterocycles. The Balaban J connectivity index is 1.83. The first-order valence-electron chi connectivity index (χ1n) is 6.06. The second kappa shape index (κ2) is 4.13. The molecule has 0 atom stereocenters. The summed E-state index contributed by atoms with van der Waals surface area (Å²) in [7, 11) is 0. The van der Waals surface area contributed by atoms with Crippen LogP contribution in [0.1, 0.15) is 17.5 Å². The highest BCUT2D eigenvalue weighted by molar-refractivity contribution is 5.63. The number of nitrogen functional groups attached to an aromatic ring is 1. The molecule has 3 N–H and O–H groups in total. The van der Waals surface area contributed by atoms with E-state index < -0.39 is 0 Å². The van der Waals surface area contributed by atoms with Gasteiger partial charge in [0, 0.05) is 17.1 Å². The van der Waals surface area contributed by atoms with E-state index in [0.29, 0.717) is 0 Å². The minimum Gasteiger partial charge on any atom is -0.399 e. The van der Waals surface area contributed by atoms with E-state index in [4.69, 9.17) is 5.73 Å². The van der Waals surface area contributed by atoms with Gasteiger partial charge in [-0.3, -0.25) is 0 Å². The number of anilines is 3. The lowest BCUT2D eigenvalue weighted by molar-refractivity contribution is 0.912. The first-order valence-corrected chi connectivity index (χ1v) is 6.06. The number of nitrogens with one attached hydrogen (secondary N) is 1. The molecule has 3 rings (SSSR count). The summed E-state index contributed by atoms with van der Waals surface area (Å²) in [6.07, 6.45) is 3.74. The summed E-state index contributed by atoms with van der Waals surface area (Å²) >= 11 is 0. The third-order valence-corrected chi connectivity index (χ3v) is 3.30. The molecule has 0 spiro atoms. The lowest BCUT2D eigenvalue weighted by atomic mass is 10.1. The van der Waals surface area contributed by atoms with Crippen LogP contribution in [0.5, 0.6) is 0 Å². The lowest BCUT2D eigenvalue weighted by Gasteiger charge is -2.08. The van der Waals surface area contributed by atoms with Gasteiger partial charge in [-0.05, 0) is 66.8 Å². The van der Waals surface area contributed by atoms with Crippen LogP contribution in [0.15, 0.2) is 42.5 Å². The van der Waals surface area contributed by atoms with Crippen LogP contribution in [0.3, 0.4) is 0 Å². The van der Waals surface area contributed by atoms with Gasteiger partial charge in [-0.25, -0.2) is 0 Å². The molecular weight excluding hydrogens is 208 g/mol. The molecular formula is C15H16N2. The smallest absolute Gasteiger partial charge is 0.0387 e. The van der Waals surface area contributed by atoms with Gasteiger partial charge >= 0.3 is 0 Å². The fourth-order valence-electron chi connectivity index (χ4n) is 2.38. The number of aryl methyl sites for hydroxylation is 2. The van der Waals surface area contributed by atoms with Crippen LogP contribution in [-0.4, -0.2) is 0 Å². The van der Waals surface area contributed by atoms with Crippen molar-refractivity contribution in [2.75, 3.05) is 11.1 Å². The Bertz CT molecular complexity index is 529. The molecule has 2 aromatic carbocycles. The average molecular weight is 224 g/mol. The van der Waals surface area contributed by atoms with E-state index in [2.05, 4.69) is 23.5 Å². The molecule has 0 saturated heterocycles. The molecule has 0 bridgehead atoms. The summed E-state index contributed by atoms with van der Waals surface area (Å²) in [5.41, 5.74) is 11.7. The molecule has 1 aliphatic carbocycles. The van der Waals surface area contributed by atoms with Crippen molar-refractivity contribution in [3.63, 3.8) is 0 Å². The number of rotatable bonds is 2. The second-order valence-electron chi connectivity index (χ2n) is 4.58. The molecule has 0 unspecified atom stereocenters.